The molecule has 1 aromatic rings. The van der Waals surface area contributed by atoms with Gasteiger partial charge < -0.3 is 10.8 Å². The van der Waals surface area contributed by atoms with Crippen LogP contribution in [0.4, 0.5) is 0 Å². The molecule has 3 unspecified atom stereocenters. The molecular weight excluding hydrogens is 224 g/mol. The van der Waals surface area contributed by atoms with Gasteiger partial charge in [-0.25, -0.2) is 0 Å². The molecule has 1 aliphatic rings. The second-order valence-corrected chi connectivity index (χ2v) is 5.38. The SMILES string of the molecule is Cc1ccccc1C(C(C)N)N1CCCC1CO. The summed E-state index contributed by atoms with van der Waals surface area (Å²) in [4.78, 5) is 2.38. The second kappa shape index (κ2) is 5.83. The number of hydrogen-bond acceptors (Lipinski definition) is 3. The molecule has 1 saturated heterocycles. The first-order valence-electron chi connectivity index (χ1n) is 6.83. The van der Waals surface area contributed by atoms with Crippen molar-refractivity contribution in [2.75, 3.05) is 13.2 Å². The quantitative estimate of drug-likeness (QED) is 0.855. The van der Waals surface area contributed by atoms with Crippen LogP contribution >= 0.6 is 0 Å². The van der Waals surface area contributed by atoms with Crippen molar-refractivity contribution in [1.82, 2.24) is 4.90 Å². The van der Waals surface area contributed by atoms with Gasteiger partial charge in [-0.15, -0.1) is 0 Å². The van der Waals surface area contributed by atoms with E-state index in [1.54, 1.807) is 0 Å². The Hall–Kier alpha value is -0.900. The first-order chi connectivity index (χ1) is 8.65. The molecular formula is C15H24N2O. The molecule has 1 aromatic carbocycles. The lowest BCUT2D eigenvalue weighted by atomic mass is 9.94. The highest BCUT2D eigenvalue weighted by atomic mass is 16.3. The summed E-state index contributed by atoms with van der Waals surface area (Å²) in [7, 11) is 0. The smallest absolute Gasteiger partial charge is 0.0587 e. The Bertz CT molecular complexity index is 392. The molecule has 3 N–H and O–H groups in total. The predicted molar refractivity (Wildman–Crippen MR) is 74.4 cm³/mol. The van der Waals surface area contributed by atoms with Crippen molar-refractivity contribution in [3.8, 4) is 0 Å². The molecule has 1 aliphatic heterocycles. The molecule has 1 heterocycles. The maximum absolute atomic E-state index is 9.50. The summed E-state index contributed by atoms with van der Waals surface area (Å²) in [6, 6.07) is 8.97. The van der Waals surface area contributed by atoms with Crippen molar-refractivity contribution in [3.05, 3.63) is 35.4 Å². The molecule has 1 fully saturated rings. The van der Waals surface area contributed by atoms with E-state index in [-0.39, 0.29) is 24.7 Å². The van der Waals surface area contributed by atoms with Crippen LogP contribution in [0.15, 0.2) is 24.3 Å². The molecule has 3 nitrogen and oxygen atoms in total. The third-order valence-corrected chi connectivity index (χ3v) is 4.00. The number of nitrogens with zero attached hydrogens (tertiary/aromatic N) is 1. The van der Waals surface area contributed by atoms with Crippen LogP contribution in [-0.2, 0) is 0 Å². The highest BCUT2D eigenvalue weighted by Gasteiger charge is 2.33. The summed E-state index contributed by atoms with van der Waals surface area (Å²) in [5.74, 6) is 0. The fourth-order valence-electron chi connectivity index (χ4n) is 3.10. The normalized spacial score (nSPS) is 24.1. The van der Waals surface area contributed by atoms with Crippen LogP contribution in [0.3, 0.4) is 0 Å². The van der Waals surface area contributed by atoms with Crippen molar-refractivity contribution in [2.45, 2.75) is 44.8 Å². The van der Waals surface area contributed by atoms with Gasteiger partial charge in [-0.1, -0.05) is 24.3 Å². The van der Waals surface area contributed by atoms with E-state index in [0.717, 1.165) is 19.4 Å². The summed E-state index contributed by atoms with van der Waals surface area (Å²) in [5, 5.41) is 9.50. The van der Waals surface area contributed by atoms with E-state index in [0.29, 0.717) is 0 Å². The van der Waals surface area contributed by atoms with Crippen molar-refractivity contribution >= 4 is 0 Å². The van der Waals surface area contributed by atoms with Crippen LogP contribution in [0.5, 0.6) is 0 Å². The molecule has 0 amide bonds. The number of rotatable bonds is 4. The third kappa shape index (κ3) is 2.58. The summed E-state index contributed by atoms with van der Waals surface area (Å²) in [6.45, 7) is 5.46. The van der Waals surface area contributed by atoms with Gasteiger partial charge in [-0.3, -0.25) is 4.90 Å². The van der Waals surface area contributed by atoms with Crippen LogP contribution in [0, 0.1) is 6.92 Å². The lowest BCUT2D eigenvalue weighted by Crippen LogP contribution is -2.43. The minimum Gasteiger partial charge on any atom is -0.395 e. The molecule has 0 bridgehead atoms. The first-order valence-corrected chi connectivity index (χ1v) is 6.83. The zero-order valence-corrected chi connectivity index (χ0v) is 11.3. The van der Waals surface area contributed by atoms with Gasteiger partial charge in [0.1, 0.15) is 0 Å². The summed E-state index contributed by atoms with van der Waals surface area (Å²) >= 11 is 0. The Kier molecular flexibility index (Phi) is 4.38. The fraction of sp³-hybridized carbons (Fsp3) is 0.600. The zero-order chi connectivity index (χ0) is 13.1. The Balaban J connectivity index is 2.31. The Morgan fingerprint density at radius 1 is 1.44 bits per heavy atom. The predicted octanol–water partition coefficient (Wildman–Crippen LogP) is 1.84. The molecule has 0 aliphatic carbocycles. The van der Waals surface area contributed by atoms with E-state index >= 15 is 0 Å². The van der Waals surface area contributed by atoms with Crippen molar-refractivity contribution in [1.29, 1.82) is 0 Å². The summed E-state index contributed by atoms with van der Waals surface area (Å²) in [5.41, 5.74) is 8.79. The van der Waals surface area contributed by atoms with Gasteiger partial charge >= 0.3 is 0 Å². The van der Waals surface area contributed by atoms with Gasteiger partial charge in [-0.2, -0.15) is 0 Å². The highest BCUT2D eigenvalue weighted by Crippen LogP contribution is 2.32. The van der Waals surface area contributed by atoms with Gasteiger partial charge in [0.15, 0.2) is 0 Å². The van der Waals surface area contributed by atoms with Crippen LogP contribution in [0.1, 0.15) is 36.9 Å². The monoisotopic (exact) mass is 248 g/mol. The average Bonchev–Trinajstić information content (AvgIpc) is 2.79. The standard InChI is InChI=1S/C15H24N2O/c1-11-6-3-4-8-14(11)15(12(2)16)17-9-5-7-13(17)10-18/h3-4,6,8,12-13,15,18H,5,7,9-10,16H2,1-2H3. The number of nitrogens with two attached hydrogens (primary N) is 1. The number of aliphatic hydroxyl groups excluding tert-OH is 1. The van der Waals surface area contributed by atoms with Gasteiger partial charge in [0, 0.05) is 12.1 Å². The van der Waals surface area contributed by atoms with Gasteiger partial charge in [0.25, 0.3) is 0 Å². The van der Waals surface area contributed by atoms with Crippen LogP contribution in [0.2, 0.25) is 0 Å². The fourth-order valence-corrected chi connectivity index (χ4v) is 3.10. The molecule has 0 radical (unpaired) electrons. The van der Waals surface area contributed by atoms with Crippen LogP contribution in [0.25, 0.3) is 0 Å². The topological polar surface area (TPSA) is 49.5 Å². The van der Waals surface area contributed by atoms with Crippen molar-refractivity contribution < 1.29 is 5.11 Å². The van der Waals surface area contributed by atoms with Gasteiger partial charge in [0.2, 0.25) is 0 Å². The molecule has 2 rings (SSSR count). The van der Waals surface area contributed by atoms with E-state index in [1.165, 1.54) is 11.1 Å². The minimum atomic E-state index is 0.0678. The molecule has 0 saturated carbocycles. The lowest BCUT2D eigenvalue weighted by Gasteiger charge is -2.36. The van der Waals surface area contributed by atoms with E-state index in [1.807, 2.05) is 0 Å². The minimum absolute atomic E-state index is 0.0678. The van der Waals surface area contributed by atoms with E-state index < -0.39 is 0 Å². The molecule has 0 aromatic heterocycles. The van der Waals surface area contributed by atoms with E-state index in [4.69, 9.17) is 5.73 Å². The van der Waals surface area contributed by atoms with Crippen molar-refractivity contribution in [2.24, 2.45) is 5.73 Å². The summed E-state index contributed by atoms with van der Waals surface area (Å²) in [6.07, 6.45) is 2.23. The second-order valence-electron chi connectivity index (χ2n) is 5.38. The number of likely N-dealkylation sites (tertiary alicyclic amines) is 1. The maximum Gasteiger partial charge on any atom is 0.0587 e. The maximum atomic E-state index is 9.50. The Morgan fingerprint density at radius 3 is 2.78 bits per heavy atom. The number of hydrogen-bond donors (Lipinski definition) is 2. The molecule has 100 valence electrons. The largest absolute Gasteiger partial charge is 0.395 e. The van der Waals surface area contributed by atoms with E-state index in [2.05, 4.69) is 43.0 Å². The average molecular weight is 248 g/mol. The molecule has 3 heteroatoms. The first kappa shape index (κ1) is 13.5. The van der Waals surface area contributed by atoms with Gasteiger partial charge in [0.05, 0.1) is 12.6 Å². The highest BCUT2D eigenvalue weighted by molar-refractivity contribution is 5.30. The molecule has 0 spiro atoms. The summed E-state index contributed by atoms with van der Waals surface area (Å²) < 4.78 is 0. The Morgan fingerprint density at radius 2 is 2.17 bits per heavy atom. The lowest BCUT2D eigenvalue weighted by molar-refractivity contribution is 0.108. The number of benzene rings is 1. The Labute approximate surface area is 110 Å². The van der Waals surface area contributed by atoms with Gasteiger partial charge in [-0.05, 0) is 44.4 Å². The van der Waals surface area contributed by atoms with E-state index in [9.17, 15) is 5.11 Å². The molecule has 3 atom stereocenters. The number of aliphatic hydroxyl groups is 1. The van der Waals surface area contributed by atoms with Crippen LogP contribution < -0.4 is 5.73 Å². The number of aryl methyl sites for hydroxylation is 1. The third-order valence-electron chi connectivity index (χ3n) is 4.00. The van der Waals surface area contributed by atoms with Crippen LogP contribution in [-0.4, -0.2) is 35.2 Å². The molecule has 18 heavy (non-hydrogen) atoms. The van der Waals surface area contributed by atoms with Crippen molar-refractivity contribution in [3.63, 3.8) is 0 Å². The zero-order valence-electron chi connectivity index (χ0n) is 11.3.